The van der Waals surface area contributed by atoms with E-state index in [4.69, 9.17) is 4.74 Å². The third-order valence-electron chi connectivity index (χ3n) is 4.45. The third-order valence-corrected chi connectivity index (χ3v) is 5.40. The number of nitrogens with zero attached hydrogens (tertiary/aromatic N) is 4. The molecule has 0 unspecified atom stereocenters. The Morgan fingerprint density at radius 3 is 2.80 bits per heavy atom. The van der Waals surface area contributed by atoms with Crippen LogP contribution in [0.4, 0.5) is 5.69 Å². The van der Waals surface area contributed by atoms with Gasteiger partial charge in [-0.1, -0.05) is 42.5 Å². The number of aromatic nitrogens is 4. The first-order chi connectivity index (χ1) is 14.7. The Bertz CT molecular complexity index is 1190. The first-order valence-corrected chi connectivity index (χ1v) is 10.4. The number of hydrogen-bond acceptors (Lipinski definition) is 6. The van der Waals surface area contributed by atoms with E-state index in [1.807, 2.05) is 48.5 Å². The molecule has 0 spiro atoms. The van der Waals surface area contributed by atoms with E-state index in [2.05, 4.69) is 27.5 Å². The van der Waals surface area contributed by atoms with Crippen LogP contribution in [-0.2, 0) is 11.2 Å². The van der Waals surface area contributed by atoms with Crippen molar-refractivity contribution in [2.24, 2.45) is 0 Å². The van der Waals surface area contributed by atoms with Crippen LogP contribution in [0.1, 0.15) is 24.7 Å². The summed E-state index contributed by atoms with van der Waals surface area (Å²) in [4.78, 5) is 13.1. The van der Waals surface area contributed by atoms with Crippen LogP contribution >= 0.6 is 11.3 Å². The minimum atomic E-state index is -0.202. The molecule has 0 fully saturated rings. The van der Waals surface area contributed by atoms with Gasteiger partial charge in [0, 0.05) is 23.7 Å². The van der Waals surface area contributed by atoms with E-state index < -0.39 is 0 Å². The lowest BCUT2D eigenvalue weighted by molar-refractivity contribution is -0.111. The molecule has 0 bridgehead atoms. The lowest BCUT2D eigenvalue weighted by Gasteiger charge is -2.04. The fourth-order valence-corrected chi connectivity index (χ4v) is 3.81. The van der Waals surface area contributed by atoms with E-state index in [0.29, 0.717) is 5.69 Å². The SMILES string of the molecule is CCCc1nnc2sc(-c3cccc(NC(=O)/C=C/c4ccc(OC)cc4)c3)nn12. The van der Waals surface area contributed by atoms with Crippen LogP contribution in [0.3, 0.4) is 0 Å². The van der Waals surface area contributed by atoms with E-state index in [-0.39, 0.29) is 5.91 Å². The van der Waals surface area contributed by atoms with Crippen molar-refractivity contribution in [3.8, 4) is 16.3 Å². The summed E-state index contributed by atoms with van der Waals surface area (Å²) in [7, 11) is 1.62. The molecule has 30 heavy (non-hydrogen) atoms. The van der Waals surface area contributed by atoms with Gasteiger partial charge < -0.3 is 10.1 Å². The Balaban J connectivity index is 1.47. The fourth-order valence-electron chi connectivity index (χ4n) is 2.95. The van der Waals surface area contributed by atoms with Crippen LogP contribution in [0, 0.1) is 0 Å². The molecule has 0 radical (unpaired) electrons. The Morgan fingerprint density at radius 1 is 1.20 bits per heavy atom. The molecular formula is C22H21N5O2S. The Hall–Kier alpha value is -3.52. The number of fused-ring (bicyclic) bond motifs is 1. The first-order valence-electron chi connectivity index (χ1n) is 9.61. The molecule has 0 aliphatic carbocycles. The zero-order valence-electron chi connectivity index (χ0n) is 16.7. The summed E-state index contributed by atoms with van der Waals surface area (Å²) >= 11 is 1.48. The van der Waals surface area contributed by atoms with Gasteiger partial charge in [-0.25, -0.2) is 0 Å². The number of rotatable bonds is 7. The van der Waals surface area contributed by atoms with Crippen LogP contribution in [0.15, 0.2) is 54.6 Å². The second-order valence-corrected chi connectivity index (χ2v) is 7.60. The van der Waals surface area contributed by atoms with Crippen LogP contribution in [0.2, 0.25) is 0 Å². The molecule has 2 aromatic carbocycles. The summed E-state index contributed by atoms with van der Waals surface area (Å²) in [5, 5.41) is 16.8. The van der Waals surface area contributed by atoms with Crippen molar-refractivity contribution >= 4 is 34.0 Å². The normalized spacial score (nSPS) is 11.3. The lowest BCUT2D eigenvalue weighted by atomic mass is 10.2. The highest BCUT2D eigenvalue weighted by Gasteiger charge is 2.13. The van der Waals surface area contributed by atoms with Gasteiger partial charge in [0.25, 0.3) is 0 Å². The van der Waals surface area contributed by atoms with Crippen molar-refractivity contribution in [2.45, 2.75) is 19.8 Å². The maximum Gasteiger partial charge on any atom is 0.248 e. The monoisotopic (exact) mass is 419 g/mol. The van der Waals surface area contributed by atoms with Gasteiger partial charge in [-0.15, -0.1) is 10.2 Å². The number of carbonyl (C=O) groups is 1. The first kappa shape index (κ1) is 19.8. The minimum absolute atomic E-state index is 0.202. The van der Waals surface area contributed by atoms with Crippen molar-refractivity contribution in [2.75, 3.05) is 12.4 Å². The number of hydrogen-bond donors (Lipinski definition) is 1. The van der Waals surface area contributed by atoms with Gasteiger partial charge in [0.15, 0.2) is 5.82 Å². The number of anilines is 1. The number of amides is 1. The van der Waals surface area contributed by atoms with Gasteiger partial charge in [0.05, 0.1) is 7.11 Å². The van der Waals surface area contributed by atoms with E-state index in [1.165, 1.54) is 17.4 Å². The Labute approximate surface area is 178 Å². The van der Waals surface area contributed by atoms with Gasteiger partial charge in [0.1, 0.15) is 10.8 Å². The highest BCUT2D eigenvalue weighted by molar-refractivity contribution is 7.19. The van der Waals surface area contributed by atoms with Gasteiger partial charge in [-0.3, -0.25) is 4.79 Å². The molecule has 0 saturated carbocycles. The van der Waals surface area contributed by atoms with Gasteiger partial charge in [-0.05, 0) is 42.3 Å². The van der Waals surface area contributed by atoms with Crippen molar-refractivity contribution in [1.82, 2.24) is 19.8 Å². The second kappa shape index (κ2) is 8.87. The fraction of sp³-hybridized carbons (Fsp3) is 0.182. The number of carbonyl (C=O) groups excluding carboxylic acids is 1. The smallest absolute Gasteiger partial charge is 0.248 e. The third kappa shape index (κ3) is 4.38. The molecule has 4 aromatic rings. The predicted octanol–water partition coefficient (Wildman–Crippen LogP) is 4.47. The topological polar surface area (TPSA) is 81.4 Å². The maximum atomic E-state index is 12.3. The van der Waals surface area contributed by atoms with E-state index in [1.54, 1.807) is 17.7 Å². The molecule has 1 N–H and O–H groups in total. The lowest BCUT2D eigenvalue weighted by Crippen LogP contribution is -2.07. The highest BCUT2D eigenvalue weighted by Crippen LogP contribution is 2.27. The molecule has 2 aromatic heterocycles. The van der Waals surface area contributed by atoms with Crippen LogP contribution in [0.5, 0.6) is 5.75 Å². The number of benzene rings is 2. The van der Waals surface area contributed by atoms with E-state index in [0.717, 1.165) is 45.5 Å². The standard InChI is InChI=1S/C22H21N5O2S/c1-3-5-19-24-25-22-27(19)26-21(30-22)16-6-4-7-17(14-16)23-20(28)13-10-15-8-11-18(29-2)12-9-15/h4,6-14H,3,5H2,1-2H3,(H,23,28)/b13-10+. The molecule has 2 heterocycles. The molecule has 152 valence electrons. The minimum Gasteiger partial charge on any atom is -0.497 e. The van der Waals surface area contributed by atoms with Crippen LogP contribution < -0.4 is 10.1 Å². The number of nitrogens with one attached hydrogen (secondary N) is 1. The summed E-state index contributed by atoms with van der Waals surface area (Å²) in [5.41, 5.74) is 2.55. The number of aryl methyl sites for hydroxylation is 1. The van der Waals surface area contributed by atoms with Crippen LogP contribution in [-0.4, -0.2) is 32.8 Å². The average Bonchev–Trinajstić information content (AvgIpc) is 3.35. The summed E-state index contributed by atoms with van der Waals surface area (Å²) in [6, 6.07) is 15.1. The van der Waals surface area contributed by atoms with Crippen molar-refractivity contribution in [3.05, 3.63) is 66.0 Å². The van der Waals surface area contributed by atoms with Crippen molar-refractivity contribution < 1.29 is 9.53 Å². The molecule has 4 rings (SSSR count). The maximum absolute atomic E-state index is 12.3. The molecule has 8 heteroatoms. The summed E-state index contributed by atoms with van der Waals surface area (Å²) in [6.07, 6.45) is 5.09. The average molecular weight is 420 g/mol. The Morgan fingerprint density at radius 2 is 2.03 bits per heavy atom. The molecular weight excluding hydrogens is 398 g/mol. The van der Waals surface area contributed by atoms with Gasteiger partial charge in [-0.2, -0.15) is 9.61 Å². The van der Waals surface area contributed by atoms with Crippen molar-refractivity contribution in [3.63, 3.8) is 0 Å². The van der Waals surface area contributed by atoms with Crippen LogP contribution in [0.25, 0.3) is 21.6 Å². The summed E-state index contributed by atoms with van der Waals surface area (Å²) in [6.45, 7) is 2.10. The van der Waals surface area contributed by atoms with E-state index >= 15 is 0 Å². The van der Waals surface area contributed by atoms with Crippen molar-refractivity contribution in [1.29, 1.82) is 0 Å². The molecule has 0 aliphatic rings. The second-order valence-electron chi connectivity index (χ2n) is 6.64. The van der Waals surface area contributed by atoms with Gasteiger partial charge in [0.2, 0.25) is 10.9 Å². The molecule has 0 atom stereocenters. The zero-order chi connectivity index (χ0) is 20.9. The number of ether oxygens (including phenoxy) is 1. The number of methoxy groups -OCH3 is 1. The molecule has 1 amide bonds. The Kier molecular flexibility index (Phi) is 5.85. The summed E-state index contributed by atoms with van der Waals surface area (Å²) in [5.74, 6) is 1.44. The quantitative estimate of drug-likeness (QED) is 0.447. The predicted molar refractivity (Wildman–Crippen MR) is 119 cm³/mol. The molecule has 7 nitrogen and oxygen atoms in total. The van der Waals surface area contributed by atoms with Gasteiger partial charge >= 0.3 is 0 Å². The highest BCUT2D eigenvalue weighted by atomic mass is 32.1. The zero-order valence-corrected chi connectivity index (χ0v) is 17.5. The molecule has 0 aliphatic heterocycles. The molecule has 0 saturated heterocycles. The summed E-state index contributed by atoms with van der Waals surface area (Å²) < 4.78 is 6.94. The largest absolute Gasteiger partial charge is 0.497 e. The van der Waals surface area contributed by atoms with E-state index in [9.17, 15) is 4.79 Å².